The van der Waals surface area contributed by atoms with Crippen LogP contribution in [0, 0.1) is 0 Å². The summed E-state index contributed by atoms with van der Waals surface area (Å²) in [6.07, 6.45) is -4.56. The highest BCUT2D eigenvalue weighted by molar-refractivity contribution is 7.99. The summed E-state index contributed by atoms with van der Waals surface area (Å²) in [4.78, 5) is 11.9. The number of rotatable bonds is 3. The van der Waals surface area contributed by atoms with Crippen molar-refractivity contribution in [2.45, 2.75) is 12.2 Å². The number of thioether (sulfide) groups is 1. The zero-order chi connectivity index (χ0) is 14.8. The molecule has 0 aromatic heterocycles. The van der Waals surface area contributed by atoms with Crippen molar-refractivity contribution in [1.82, 2.24) is 5.32 Å². The van der Waals surface area contributed by atoms with Crippen LogP contribution in [0.15, 0.2) is 18.2 Å². The molecule has 0 saturated carbocycles. The van der Waals surface area contributed by atoms with Gasteiger partial charge in [0.1, 0.15) is 5.75 Å². The minimum atomic E-state index is -4.56. The summed E-state index contributed by atoms with van der Waals surface area (Å²) in [6, 6.07) is 2.97. The number of halogens is 3. The topological polar surface area (TPSA) is 50.4 Å². The molecule has 110 valence electrons. The first-order valence-corrected chi connectivity index (χ1v) is 6.94. The van der Waals surface area contributed by atoms with Gasteiger partial charge in [0.2, 0.25) is 5.91 Å². The van der Waals surface area contributed by atoms with Gasteiger partial charge < -0.3 is 10.1 Å². The third kappa shape index (κ3) is 3.37. The SMILES string of the molecule is COc1ccc(NC(=O)C2CSCN2)c(C(F)(F)F)c1. The van der Waals surface area contributed by atoms with Crippen LogP contribution in [0.5, 0.6) is 5.75 Å². The molecule has 0 bridgehead atoms. The van der Waals surface area contributed by atoms with Crippen molar-refractivity contribution in [3.05, 3.63) is 23.8 Å². The molecule has 1 saturated heterocycles. The average Bonchev–Trinajstić information content (AvgIpc) is 2.91. The van der Waals surface area contributed by atoms with Gasteiger partial charge in [-0.2, -0.15) is 13.2 Å². The Morgan fingerprint density at radius 1 is 1.50 bits per heavy atom. The second kappa shape index (κ2) is 5.92. The van der Waals surface area contributed by atoms with Crippen molar-refractivity contribution in [3.8, 4) is 5.75 Å². The van der Waals surface area contributed by atoms with Gasteiger partial charge in [-0.1, -0.05) is 0 Å². The number of amides is 1. The molecule has 4 nitrogen and oxygen atoms in total. The summed E-state index contributed by atoms with van der Waals surface area (Å²) in [7, 11) is 1.29. The normalized spacial score (nSPS) is 18.9. The molecule has 1 aromatic carbocycles. The molecular formula is C12H13F3N2O2S. The standard InChI is InChI=1S/C12H13F3N2O2S/c1-19-7-2-3-9(8(4-7)12(13,14)15)17-11(18)10-5-20-6-16-10/h2-4,10,16H,5-6H2,1H3,(H,17,18). The van der Waals surface area contributed by atoms with Crippen LogP contribution in [-0.2, 0) is 11.0 Å². The van der Waals surface area contributed by atoms with Gasteiger partial charge >= 0.3 is 6.18 Å². The number of hydrogen-bond donors (Lipinski definition) is 2. The van der Waals surface area contributed by atoms with E-state index in [1.165, 1.54) is 31.0 Å². The number of hydrogen-bond acceptors (Lipinski definition) is 4. The molecule has 0 radical (unpaired) electrons. The fraction of sp³-hybridized carbons (Fsp3) is 0.417. The molecule has 0 aliphatic carbocycles. The monoisotopic (exact) mass is 306 g/mol. The number of nitrogens with one attached hydrogen (secondary N) is 2. The predicted molar refractivity (Wildman–Crippen MR) is 70.9 cm³/mol. The van der Waals surface area contributed by atoms with Gasteiger partial charge in [-0.05, 0) is 18.2 Å². The number of methoxy groups -OCH3 is 1. The van der Waals surface area contributed by atoms with E-state index in [9.17, 15) is 18.0 Å². The number of ether oxygens (including phenoxy) is 1. The van der Waals surface area contributed by atoms with E-state index in [1.807, 2.05) is 0 Å². The van der Waals surface area contributed by atoms with Gasteiger partial charge in [-0.15, -0.1) is 11.8 Å². The summed E-state index contributed by atoms with van der Waals surface area (Å²) >= 11 is 1.52. The summed E-state index contributed by atoms with van der Waals surface area (Å²) in [5.74, 6) is 0.784. The van der Waals surface area contributed by atoms with Crippen LogP contribution in [-0.4, -0.2) is 30.7 Å². The first-order valence-electron chi connectivity index (χ1n) is 5.79. The first kappa shape index (κ1) is 15.0. The molecule has 8 heteroatoms. The van der Waals surface area contributed by atoms with Gasteiger partial charge in [0.15, 0.2) is 0 Å². The third-order valence-electron chi connectivity index (χ3n) is 2.82. The number of carbonyl (C=O) groups is 1. The highest BCUT2D eigenvalue weighted by Crippen LogP contribution is 2.37. The summed E-state index contributed by atoms with van der Waals surface area (Å²) in [5.41, 5.74) is -1.18. The van der Waals surface area contributed by atoms with E-state index in [0.717, 1.165) is 6.07 Å². The van der Waals surface area contributed by atoms with Crippen molar-refractivity contribution >= 4 is 23.4 Å². The molecule has 1 aliphatic heterocycles. The van der Waals surface area contributed by atoms with Gasteiger partial charge in [0, 0.05) is 11.6 Å². The van der Waals surface area contributed by atoms with Crippen molar-refractivity contribution in [3.63, 3.8) is 0 Å². The van der Waals surface area contributed by atoms with Gasteiger partial charge in [-0.25, -0.2) is 0 Å². The Morgan fingerprint density at radius 2 is 2.25 bits per heavy atom. The van der Waals surface area contributed by atoms with E-state index >= 15 is 0 Å². The van der Waals surface area contributed by atoms with Crippen LogP contribution in [0.3, 0.4) is 0 Å². The maximum absolute atomic E-state index is 13.0. The van der Waals surface area contributed by atoms with Gasteiger partial charge in [-0.3, -0.25) is 10.1 Å². The van der Waals surface area contributed by atoms with E-state index in [4.69, 9.17) is 4.74 Å². The van der Waals surface area contributed by atoms with Crippen LogP contribution in [0.4, 0.5) is 18.9 Å². The van der Waals surface area contributed by atoms with Crippen LogP contribution >= 0.6 is 11.8 Å². The molecule has 1 amide bonds. The molecular weight excluding hydrogens is 293 g/mol. The van der Waals surface area contributed by atoms with Crippen LogP contribution < -0.4 is 15.4 Å². The van der Waals surface area contributed by atoms with Crippen molar-refractivity contribution in [1.29, 1.82) is 0 Å². The summed E-state index contributed by atoms with van der Waals surface area (Å²) in [6.45, 7) is 0. The number of carbonyl (C=O) groups excluding carboxylic acids is 1. The molecule has 1 unspecified atom stereocenters. The predicted octanol–water partition coefficient (Wildman–Crippen LogP) is 2.31. The summed E-state index contributed by atoms with van der Waals surface area (Å²) in [5, 5.41) is 5.22. The van der Waals surface area contributed by atoms with E-state index in [1.54, 1.807) is 0 Å². The lowest BCUT2D eigenvalue weighted by Gasteiger charge is -2.16. The Morgan fingerprint density at radius 3 is 2.80 bits per heavy atom. The maximum Gasteiger partial charge on any atom is 0.418 e. The fourth-order valence-corrected chi connectivity index (χ4v) is 2.72. The molecule has 1 atom stereocenters. The molecule has 2 rings (SSSR count). The lowest BCUT2D eigenvalue weighted by Crippen LogP contribution is -2.37. The largest absolute Gasteiger partial charge is 0.497 e. The minimum Gasteiger partial charge on any atom is -0.497 e. The highest BCUT2D eigenvalue weighted by atomic mass is 32.2. The highest BCUT2D eigenvalue weighted by Gasteiger charge is 2.35. The molecule has 1 fully saturated rings. The molecule has 2 N–H and O–H groups in total. The Kier molecular flexibility index (Phi) is 4.44. The van der Waals surface area contributed by atoms with E-state index in [0.29, 0.717) is 11.6 Å². The smallest absolute Gasteiger partial charge is 0.418 e. The second-order valence-corrected chi connectivity index (χ2v) is 5.20. The van der Waals surface area contributed by atoms with Crippen molar-refractivity contribution in [2.75, 3.05) is 24.1 Å². The maximum atomic E-state index is 13.0. The molecule has 1 aromatic rings. The lowest BCUT2D eigenvalue weighted by molar-refractivity contribution is -0.137. The number of anilines is 1. The minimum absolute atomic E-state index is 0.0878. The van der Waals surface area contributed by atoms with Crippen LogP contribution in [0.1, 0.15) is 5.56 Å². The van der Waals surface area contributed by atoms with E-state index in [-0.39, 0.29) is 11.4 Å². The Balaban J connectivity index is 2.24. The lowest BCUT2D eigenvalue weighted by atomic mass is 10.1. The fourth-order valence-electron chi connectivity index (χ4n) is 1.78. The molecule has 20 heavy (non-hydrogen) atoms. The summed E-state index contributed by atoms with van der Waals surface area (Å²) < 4.78 is 43.7. The van der Waals surface area contributed by atoms with E-state index < -0.39 is 23.7 Å². The average molecular weight is 306 g/mol. The number of benzene rings is 1. The number of alkyl halides is 3. The third-order valence-corrected chi connectivity index (χ3v) is 3.76. The first-order chi connectivity index (χ1) is 9.41. The van der Waals surface area contributed by atoms with Crippen LogP contribution in [0.25, 0.3) is 0 Å². The zero-order valence-electron chi connectivity index (χ0n) is 10.6. The Hall–Kier alpha value is -1.41. The molecule has 1 aliphatic rings. The zero-order valence-corrected chi connectivity index (χ0v) is 11.4. The van der Waals surface area contributed by atoms with Gasteiger partial charge in [0.25, 0.3) is 0 Å². The van der Waals surface area contributed by atoms with Crippen molar-refractivity contribution in [2.24, 2.45) is 0 Å². The quantitative estimate of drug-likeness (QED) is 0.900. The molecule has 0 spiro atoms. The van der Waals surface area contributed by atoms with Gasteiger partial charge in [0.05, 0.1) is 24.4 Å². The van der Waals surface area contributed by atoms with E-state index in [2.05, 4.69) is 10.6 Å². The Labute approximate surface area is 118 Å². The Bertz CT molecular complexity index is 502. The second-order valence-electron chi connectivity index (χ2n) is 4.17. The van der Waals surface area contributed by atoms with Crippen LogP contribution in [0.2, 0.25) is 0 Å². The van der Waals surface area contributed by atoms with Crippen molar-refractivity contribution < 1.29 is 22.7 Å². The molecule has 1 heterocycles.